The van der Waals surface area contributed by atoms with Crippen molar-refractivity contribution in [3.05, 3.63) is 102 Å². The maximum absolute atomic E-state index is 13.5. The number of amides is 1. The Hall–Kier alpha value is -3.73. The van der Waals surface area contributed by atoms with Gasteiger partial charge in [-0.25, -0.2) is 4.98 Å². The Kier molecular flexibility index (Phi) is 6.22. The summed E-state index contributed by atoms with van der Waals surface area (Å²) in [5.74, 6) is -2.04. The van der Waals surface area contributed by atoms with Crippen LogP contribution < -0.4 is 5.73 Å². The van der Waals surface area contributed by atoms with Gasteiger partial charge in [0.1, 0.15) is 5.52 Å². The summed E-state index contributed by atoms with van der Waals surface area (Å²) in [7, 11) is 0. The molecule has 0 aliphatic heterocycles. The van der Waals surface area contributed by atoms with Gasteiger partial charge in [0.05, 0.1) is 5.92 Å². The zero-order valence-electron chi connectivity index (χ0n) is 17.1. The van der Waals surface area contributed by atoms with Gasteiger partial charge in [0.15, 0.2) is 5.58 Å². The molecule has 5 heteroatoms. The molecule has 1 heterocycles. The molecule has 0 saturated heterocycles. The average molecular weight is 412 g/mol. The number of rotatable bonds is 9. The highest BCUT2D eigenvalue weighted by molar-refractivity contribution is 5.98. The van der Waals surface area contributed by atoms with Crippen LogP contribution in [0.2, 0.25) is 0 Å². The first-order chi connectivity index (χ1) is 15.1. The Morgan fingerprint density at radius 3 is 2.06 bits per heavy atom. The van der Waals surface area contributed by atoms with Crippen LogP contribution >= 0.6 is 0 Å². The van der Waals surface area contributed by atoms with Gasteiger partial charge in [0.25, 0.3) is 5.89 Å². The minimum atomic E-state index is -0.659. The van der Waals surface area contributed by atoms with E-state index in [9.17, 15) is 9.59 Å². The van der Waals surface area contributed by atoms with Crippen LogP contribution in [-0.2, 0) is 17.6 Å². The fourth-order valence-electron chi connectivity index (χ4n) is 3.93. The Labute approximate surface area is 180 Å². The third-order valence-corrected chi connectivity index (χ3v) is 5.58. The molecule has 3 aromatic carbocycles. The Balaban J connectivity index is 1.66. The lowest BCUT2D eigenvalue weighted by Crippen LogP contribution is -2.36. The largest absolute Gasteiger partial charge is 0.434 e. The monoisotopic (exact) mass is 412 g/mol. The van der Waals surface area contributed by atoms with Crippen molar-refractivity contribution in [3.8, 4) is 0 Å². The van der Waals surface area contributed by atoms with Crippen molar-refractivity contribution in [3.63, 3.8) is 0 Å². The predicted octanol–water partition coefficient (Wildman–Crippen LogP) is 4.60. The minimum absolute atomic E-state index is 0.0265. The van der Waals surface area contributed by atoms with Crippen LogP contribution in [0, 0.1) is 11.8 Å². The van der Waals surface area contributed by atoms with E-state index < -0.39 is 17.7 Å². The Morgan fingerprint density at radius 2 is 1.42 bits per heavy atom. The molecule has 0 aliphatic carbocycles. The van der Waals surface area contributed by atoms with Crippen LogP contribution in [0.1, 0.15) is 28.2 Å². The molecule has 156 valence electrons. The number of hydrogen-bond acceptors (Lipinski definition) is 4. The molecule has 5 nitrogen and oxygen atoms in total. The van der Waals surface area contributed by atoms with Crippen LogP contribution in [0.3, 0.4) is 0 Å². The number of Topliss-reactive ketones (excluding diaryl/α,β-unsaturated/α-hetero) is 1. The first-order valence-corrected chi connectivity index (χ1v) is 10.4. The van der Waals surface area contributed by atoms with Crippen LogP contribution in [0.4, 0.5) is 0 Å². The van der Waals surface area contributed by atoms with Crippen molar-refractivity contribution in [2.24, 2.45) is 17.6 Å². The Bertz CT molecular complexity index is 1140. The molecule has 0 radical (unpaired) electrons. The number of carbonyl (C=O) groups excluding carboxylic acids is 2. The summed E-state index contributed by atoms with van der Waals surface area (Å²) >= 11 is 0. The predicted molar refractivity (Wildman–Crippen MR) is 119 cm³/mol. The van der Waals surface area contributed by atoms with Gasteiger partial charge in [-0.1, -0.05) is 72.8 Å². The van der Waals surface area contributed by atoms with E-state index in [1.807, 2.05) is 72.8 Å². The van der Waals surface area contributed by atoms with Crippen molar-refractivity contribution >= 4 is 22.8 Å². The third kappa shape index (κ3) is 4.89. The molecule has 2 N–H and O–H groups in total. The van der Waals surface area contributed by atoms with Gasteiger partial charge < -0.3 is 10.2 Å². The smallest absolute Gasteiger partial charge is 0.264 e. The number of benzene rings is 3. The molecule has 0 spiro atoms. The van der Waals surface area contributed by atoms with Gasteiger partial charge in [-0.15, -0.1) is 0 Å². The van der Waals surface area contributed by atoms with Crippen molar-refractivity contribution in [2.75, 3.05) is 0 Å². The van der Waals surface area contributed by atoms with Crippen molar-refractivity contribution in [1.82, 2.24) is 4.98 Å². The molecule has 2 atom stereocenters. The van der Waals surface area contributed by atoms with Crippen molar-refractivity contribution in [1.29, 1.82) is 0 Å². The number of aromatic nitrogens is 1. The zero-order valence-corrected chi connectivity index (χ0v) is 17.1. The number of nitrogens with zero attached hydrogens (tertiary/aromatic N) is 1. The van der Waals surface area contributed by atoms with Crippen molar-refractivity contribution in [2.45, 2.75) is 19.3 Å². The van der Waals surface area contributed by atoms with Crippen LogP contribution in [-0.4, -0.2) is 16.7 Å². The number of nitrogens with two attached hydrogens (primary N) is 1. The van der Waals surface area contributed by atoms with Gasteiger partial charge >= 0.3 is 0 Å². The lowest BCUT2D eigenvalue weighted by Gasteiger charge is -2.23. The van der Waals surface area contributed by atoms with E-state index in [1.54, 1.807) is 12.1 Å². The van der Waals surface area contributed by atoms with Crippen LogP contribution in [0.5, 0.6) is 0 Å². The Morgan fingerprint density at radius 1 is 0.806 bits per heavy atom. The summed E-state index contributed by atoms with van der Waals surface area (Å²) in [5, 5.41) is 0. The summed E-state index contributed by atoms with van der Waals surface area (Å²) < 4.78 is 5.73. The molecule has 1 amide bonds. The number of para-hydroxylation sites is 2. The van der Waals surface area contributed by atoms with E-state index in [0.717, 1.165) is 11.1 Å². The number of carbonyl (C=O) groups is 2. The summed E-state index contributed by atoms with van der Waals surface area (Å²) in [6, 6.07) is 26.7. The molecule has 1 unspecified atom stereocenters. The average Bonchev–Trinajstić information content (AvgIpc) is 3.24. The van der Waals surface area contributed by atoms with E-state index >= 15 is 0 Å². The quantitative estimate of drug-likeness (QED) is 0.407. The molecule has 4 rings (SSSR count). The normalized spacial score (nSPS) is 13.0. The lowest BCUT2D eigenvalue weighted by atomic mass is 9.80. The molecule has 31 heavy (non-hydrogen) atoms. The van der Waals surface area contributed by atoms with E-state index in [4.69, 9.17) is 10.2 Å². The molecular weight excluding hydrogens is 388 g/mol. The fraction of sp³-hybridized carbons (Fsp3) is 0.192. The molecule has 1 aromatic heterocycles. The van der Waals surface area contributed by atoms with Gasteiger partial charge in [-0.3, -0.25) is 9.59 Å². The molecule has 0 fully saturated rings. The second-order valence-corrected chi connectivity index (χ2v) is 7.68. The van der Waals surface area contributed by atoms with Gasteiger partial charge in [-0.2, -0.15) is 0 Å². The maximum atomic E-state index is 13.5. The fourth-order valence-corrected chi connectivity index (χ4v) is 3.93. The molecule has 0 bridgehead atoms. The highest BCUT2D eigenvalue weighted by atomic mass is 16.4. The zero-order chi connectivity index (χ0) is 21.6. The SMILES string of the molecule is NC(=O)C(Cc1ccccc1)[C@H](CCc1ccccc1)C(=O)c1nc2ccccc2o1. The highest BCUT2D eigenvalue weighted by Crippen LogP contribution is 2.28. The second kappa shape index (κ2) is 9.39. The minimum Gasteiger partial charge on any atom is -0.434 e. The highest BCUT2D eigenvalue weighted by Gasteiger charge is 2.35. The summed E-state index contributed by atoms with van der Waals surface area (Å²) in [4.78, 5) is 30.4. The van der Waals surface area contributed by atoms with E-state index in [0.29, 0.717) is 30.4 Å². The van der Waals surface area contributed by atoms with E-state index in [2.05, 4.69) is 4.98 Å². The molecule has 0 saturated carbocycles. The number of hydrogen-bond donors (Lipinski definition) is 1. The molecule has 4 aromatic rings. The molecule has 0 aliphatic rings. The summed E-state index contributed by atoms with van der Waals surface area (Å²) in [5.41, 5.74) is 9.03. The van der Waals surface area contributed by atoms with E-state index in [-0.39, 0.29) is 11.7 Å². The first-order valence-electron chi connectivity index (χ1n) is 10.4. The van der Waals surface area contributed by atoms with Gasteiger partial charge in [-0.05, 0) is 42.5 Å². The maximum Gasteiger partial charge on any atom is 0.264 e. The summed E-state index contributed by atoms with van der Waals surface area (Å²) in [6.07, 6.45) is 1.51. The second-order valence-electron chi connectivity index (χ2n) is 7.68. The molecular formula is C26H24N2O3. The van der Waals surface area contributed by atoms with Crippen LogP contribution in [0.15, 0.2) is 89.3 Å². The number of oxazole rings is 1. The van der Waals surface area contributed by atoms with Gasteiger partial charge in [0.2, 0.25) is 11.7 Å². The van der Waals surface area contributed by atoms with Gasteiger partial charge in [0, 0.05) is 5.92 Å². The lowest BCUT2D eigenvalue weighted by molar-refractivity contribution is -0.123. The van der Waals surface area contributed by atoms with Crippen LogP contribution in [0.25, 0.3) is 11.1 Å². The van der Waals surface area contributed by atoms with E-state index in [1.165, 1.54) is 0 Å². The topological polar surface area (TPSA) is 86.2 Å². The standard InChI is InChI=1S/C26H24N2O3/c27-25(30)21(17-19-11-5-2-6-12-19)20(16-15-18-9-3-1-4-10-18)24(29)26-28-22-13-7-8-14-23(22)31-26/h1-14,20-21H,15-17H2,(H2,27,30)/t20-,21?/m0/s1. The first kappa shape index (κ1) is 20.5. The number of aryl methyl sites for hydroxylation is 1. The van der Waals surface area contributed by atoms with Crippen molar-refractivity contribution < 1.29 is 14.0 Å². The number of fused-ring (bicyclic) bond motifs is 1. The summed E-state index contributed by atoms with van der Waals surface area (Å²) in [6.45, 7) is 0. The third-order valence-electron chi connectivity index (χ3n) is 5.58. The number of ketones is 1. The number of primary amides is 1.